The lowest BCUT2D eigenvalue weighted by molar-refractivity contribution is 0.126. The van der Waals surface area contributed by atoms with Gasteiger partial charge in [-0.3, -0.25) is 4.90 Å². The summed E-state index contributed by atoms with van der Waals surface area (Å²) in [6.07, 6.45) is 1.08. The number of fused-ring (bicyclic) bond motifs is 1. The summed E-state index contributed by atoms with van der Waals surface area (Å²) in [7, 11) is 0. The van der Waals surface area contributed by atoms with Gasteiger partial charge in [0, 0.05) is 49.2 Å². The minimum absolute atomic E-state index is 0. The molecule has 2 aliphatic heterocycles. The van der Waals surface area contributed by atoms with Gasteiger partial charge in [0.1, 0.15) is 5.75 Å². The van der Waals surface area contributed by atoms with Gasteiger partial charge in [0.15, 0.2) is 0 Å². The highest BCUT2D eigenvalue weighted by Crippen LogP contribution is 2.37. The first kappa shape index (κ1) is 16.9. The zero-order chi connectivity index (χ0) is 11.7. The summed E-state index contributed by atoms with van der Waals surface area (Å²) in [5.41, 5.74) is 1.29. The number of nitrogens with zero attached hydrogens (tertiary/aromatic N) is 1. The smallest absolute Gasteiger partial charge is 0.125 e. The average molecular weight is 326 g/mol. The molecular formula is C13H19Cl3N2O. The van der Waals surface area contributed by atoms with Crippen molar-refractivity contribution in [1.82, 2.24) is 10.2 Å². The maximum Gasteiger partial charge on any atom is 0.125 e. The fraction of sp³-hybridized carbons (Fsp3) is 0.538. The molecule has 2 aliphatic rings. The van der Waals surface area contributed by atoms with Gasteiger partial charge in [-0.2, -0.15) is 0 Å². The molecule has 1 aromatic rings. The van der Waals surface area contributed by atoms with Gasteiger partial charge in [-0.1, -0.05) is 17.7 Å². The Morgan fingerprint density at radius 2 is 1.95 bits per heavy atom. The van der Waals surface area contributed by atoms with Crippen LogP contribution >= 0.6 is 36.4 Å². The molecule has 19 heavy (non-hydrogen) atoms. The van der Waals surface area contributed by atoms with Gasteiger partial charge in [-0.25, -0.2) is 0 Å². The van der Waals surface area contributed by atoms with Crippen molar-refractivity contribution in [3.05, 3.63) is 28.8 Å². The molecule has 0 radical (unpaired) electrons. The molecular weight excluding hydrogens is 307 g/mol. The van der Waals surface area contributed by atoms with Crippen molar-refractivity contribution >= 4 is 36.4 Å². The van der Waals surface area contributed by atoms with Gasteiger partial charge in [0.25, 0.3) is 0 Å². The third kappa shape index (κ3) is 3.67. The Labute approximate surface area is 131 Å². The first-order valence-electron chi connectivity index (χ1n) is 6.21. The van der Waals surface area contributed by atoms with Crippen LogP contribution in [-0.2, 0) is 0 Å². The van der Waals surface area contributed by atoms with E-state index in [0.29, 0.717) is 6.04 Å². The normalized spacial score (nSPS) is 22.5. The number of hydrogen-bond acceptors (Lipinski definition) is 3. The molecule has 1 fully saturated rings. The molecule has 0 bridgehead atoms. The van der Waals surface area contributed by atoms with E-state index < -0.39 is 0 Å². The van der Waals surface area contributed by atoms with Crippen LogP contribution < -0.4 is 10.1 Å². The second-order valence-electron chi connectivity index (χ2n) is 4.62. The topological polar surface area (TPSA) is 24.5 Å². The molecule has 1 aromatic carbocycles. The summed E-state index contributed by atoms with van der Waals surface area (Å²) < 4.78 is 5.70. The molecule has 6 heteroatoms. The minimum atomic E-state index is 0. The molecule has 0 aromatic heterocycles. The highest BCUT2D eigenvalue weighted by molar-refractivity contribution is 6.30. The Morgan fingerprint density at radius 3 is 2.68 bits per heavy atom. The molecule has 108 valence electrons. The highest BCUT2D eigenvalue weighted by atomic mass is 35.5. The van der Waals surface area contributed by atoms with Crippen LogP contribution in [0.25, 0.3) is 0 Å². The number of hydrogen-bond donors (Lipinski definition) is 1. The summed E-state index contributed by atoms with van der Waals surface area (Å²) in [5.74, 6) is 0.965. The molecule has 1 saturated heterocycles. The van der Waals surface area contributed by atoms with E-state index >= 15 is 0 Å². The summed E-state index contributed by atoms with van der Waals surface area (Å²) in [5, 5.41) is 4.15. The van der Waals surface area contributed by atoms with Gasteiger partial charge in [-0.05, 0) is 12.1 Å². The monoisotopic (exact) mass is 324 g/mol. The minimum Gasteiger partial charge on any atom is -0.493 e. The van der Waals surface area contributed by atoms with Gasteiger partial charge in [-0.15, -0.1) is 24.8 Å². The standard InChI is InChI=1S/C13H17ClN2O.2ClH/c14-10-1-2-11-12(3-8-17-13(11)9-10)16-6-4-15-5-7-16;;/h1-2,9,12,15H,3-8H2;2*1H. The van der Waals surface area contributed by atoms with Gasteiger partial charge < -0.3 is 10.1 Å². The molecule has 0 saturated carbocycles. The Hall–Kier alpha value is -0.190. The van der Waals surface area contributed by atoms with Gasteiger partial charge in [0.05, 0.1) is 6.61 Å². The van der Waals surface area contributed by atoms with E-state index in [4.69, 9.17) is 16.3 Å². The van der Waals surface area contributed by atoms with Gasteiger partial charge >= 0.3 is 0 Å². The number of piperazine rings is 1. The number of rotatable bonds is 1. The van der Waals surface area contributed by atoms with Crippen LogP contribution in [0.5, 0.6) is 5.75 Å². The molecule has 0 aliphatic carbocycles. The zero-order valence-electron chi connectivity index (χ0n) is 10.6. The van der Waals surface area contributed by atoms with E-state index in [1.165, 1.54) is 5.56 Å². The second-order valence-corrected chi connectivity index (χ2v) is 5.06. The van der Waals surface area contributed by atoms with Crippen molar-refractivity contribution < 1.29 is 4.74 Å². The Morgan fingerprint density at radius 1 is 1.21 bits per heavy atom. The fourth-order valence-corrected chi connectivity index (χ4v) is 2.88. The molecule has 0 spiro atoms. The largest absolute Gasteiger partial charge is 0.493 e. The highest BCUT2D eigenvalue weighted by Gasteiger charge is 2.27. The van der Waals surface area contributed by atoms with E-state index in [2.05, 4.69) is 16.3 Å². The van der Waals surface area contributed by atoms with E-state index in [1.54, 1.807) is 0 Å². The molecule has 2 heterocycles. The van der Waals surface area contributed by atoms with Crippen molar-refractivity contribution in [3.63, 3.8) is 0 Å². The van der Waals surface area contributed by atoms with Crippen LogP contribution in [0.1, 0.15) is 18.0 Å². The summed E-state index contributed by atoms with van der Waals surface area (Å²) in [6, 6.07) is 6.51. The third-order valence-electron chi connectivity index (χ3n) is 3.58. The van der Waals surface area contributed by atoms with Crippen molar-refractivity contribution in [2.45, 2.75) is 12.5 Å². The van der Waals surface area contributed by atoms with Crippen LogP contribution in [0.15, 0.2) is 18.2 Å². The second kappa shape index (κ2) is 7.55. The Kier molecular flexibility index (Phi) is 6.71. The first-order valence-corrected chi connectivity index (χ1v) is 6.59. The van der Waals surface area contributed by atoms with E-state index in [0.717, 1.165) is 50.0 Å². The lowest BCUT2D eigenvalue weighted by atomic mass is 9.98. The van der Waals surface area contributed by atoms with Crippen LogP contribution in [0.4, 0.5) is 0 Å². The van der Waals surface area contributed by atoms with Crippen LogP contribution in [-0.4, -0.2) is 37.7 Å². The SMILES string of the molecule is Cl.Cl.Clc1ccc2c(c1)OCCC2N1CCNCC1. The van der Waals surface area contributed by atoms with Gasteiger partial charge in [0.2, 0.25) is 0 Å². The molecule has 3 nitrogen and oxygen atoms in total. The number of ether oxygens (including phenoxy) is 1. The van der Waals surface area contributed by atoms with Crippen LogP contribution in [0.3, 0.4) is 0 Å². The number of benzene rings is 1. The quantitative estimate of drug-likeness (QED) is 0.859. The van der Waals surface area contributed by atoms with Crippen molar-refractivity contribution in [2.75, 3.05) is 32.8 Å². The molecule has 3 rings (SSSR count). The predicted molar refractivity (Wildman–Crippen MR) is 83.2 cm³/mol. The molecule has 0 amide bonds. The van der Waals surface area contributed by atoms with Crippen molar-refractivity contribution in [1.29, 1.82) is 0 Å². The van der Waals surface area contributed by atoms with Crippen molar-refractivity contribution in [2.24, 2.45) is 0 Å². The number of nitrogens with one attached hydrogen (secondary N) is 1. The summed E-state index contributed by atoms with van der Waals surface area (Å²) in [6.45, 7) is 5.20. The third-order valence-corrected chi connectivity index (χ3v) is 3.81. The van der Waals surface area contributed by atoms with Crippen LogP contribution in [0, 0.1) is 0 Å². The Bertz CT molecular complexity index is 411. The van der Waals surface area contributed by atoms with E-state index in [-0.39, 0.29) is 24.8 Å². The number of halogens is 3. The first-order chi connectivity index (χ1) is 8.34. The van der Waals surface area contributed by atoms with E-state index in [9.17, 15) is 0 Å². The molecule has 1 N–H and O–H groups in total. The average Bonchev–Trinajstić information content (AvgIpc) is 2.39. The predicted octanol–water partition coefficient (Wildman–Crippen LogP) is 2.91. The summed E-state index contributed by atoms with van der Waals surface area (Å²) in [4.78, 5) is 2.55. The zero-order valence-corrected chi connectivity index (χ0v) is 13.0. The molecule has 1 atom stereocenters. The Balaban J connectivity index is 0.000000902. The molecule has 1 unspecified atom stereocenters. The maximum absolute atomic E-state index is 6.01. The summed E-state index contributed by atoms with van der Waals surface area (Å²) >= 11 is 6.01. The van der Waals surface area contributed by atoms with E-state index in [1.807, 2.05) is 12.1 Å². The lowest BCUT2D eigenvalue weighted by Gasteiger charge is -2.38. The van der Waals surface area contributed by atoms with Crippen molar-refractivity contribution in [3.8, 4) is 5.75 Å². The maximum atomic E-state index is 6.01. The lowest BCUT2D eigenvalue weighted by Crippen LogP contribution is -2.46. The van der Waals surface area contributed by atoms with Crippen LogP contribution in [0.2, 0.25) is 5.02 Å². The fourth-order valence-electron chi connectivity index (χ4n) is 2.72.